The van der Waals surface area contributed by atoms with Gasteiger partial charge < -0.3 is 0 Å². The fourth-order valence-electron chi connectivity index (χ4n) is 1.77. The summed E-state index contributed by atoms with van der Waals surface area (Å²) in [6.45, 7) is 3.55. The van der Waals surface area contributed by atoms with Gasteiger partial charge in [-0.1, -0.05) is 13.0 Å². The van der Waals surface area contributed by atoms with Crippen LogP contribution in [0, 0.1) is 11.6 Å². The Bertz CT molecular complexity index is 637. The zero-order chi connectivity index (χ0) is 15.0. The number of benzene rings is 1. The molecular formula is C13H15F2NO3S. The van der Waals surface area contributed by atoms with Gasteiger partial charge in [-0.15, -0.1) is 0 Å². The molecule has 4 nitrogen and oxygen atoms in total. The van der Waals surface area contributed by atoms with E-state index in [2.05, 4.69) is 5.48 Å². The van der Waals surface area contributed by atoms with E-state index in [1.54, 1.807) is 6.92 Å². The molecule has 1 atom stereocenters. The molecule has 0 aromatic heterocycles. The Hall–Kier alpha value is -1.47. The predicted octanol–water partition coefficient (Wildman–Crippen LogP) is 2.42. The van der Waals surface area contributed by atoms with Crippen molar-refractivity contribution in [3.63, 3.8) is 0 Å². The smallest absolute Gasteiger partial charge is 0.199 e. The van der Waals surface area contributed by atoms with Gasteiger partial charge in [0.1, 0.15) is 17.2 Å². The quantitative estimate of drug-likeness (QED) is 0.928. The second-order valence-electron chi connectivity index (χ2n) is 4.84. The van der Waals surface area contributed by atoms with E-state index in [1.807, 2.05) is 6.92 Å². The van der Waals surface area contributed by atoms with Crippen molar-refractivity contribution in [1.29, 1.82) is 0 Å². The van der Waals surface area contributed by atoms with Gasteiger partial charge in [0, 0.05) is 5.56 Å². The minimum Gasteiger partial charge on any atom is -0.265 e. The molecule has 20 heavy (non-hydrogen) atoms. The maximum atomic E-state index is 13.5. The number of halogens is 2. The number of hydroxylamine groups is 1. The molecule has 1 aliphatic rings. The van der Waals surface area contributed by atoms with Crippen molar-refractivity contribution in [1.82, 2.24) is 5.48 Å². The molecule has 0 spiro atoms. The molecule has 1 aromatic carbocycles. The number of nitrogens with one attached hydrogen (secondary N) is 1. The lowest BCUT2D eigenvalue weighted by Crippen LogP contribution is -2.25. The van der Waals surface area contributed by atoms with Gasteiger partial charge in [-0.05, 0) is 31.6 Å². The minimum absolute atomic E-state index is 0.162. The van der Waals surface area contributed by atoms with Gasteiger partial charge >= 0.3 is 0 Å². The third-order valence-corrected chi connectivity index (χ3v) is 4.79. The topological polar surface area (TPSA) is 55.4 Å². The molecule has 0 radical (unpaired) electrons. The van der Waals surface area contributed by atoms with E-state index in [0.717, 1.165) is 12.1 Å². The maximum Gasteiger partial charge on any atom is 0.199 e. The van der Waals surface area contributed by atoms with Gasteiger partial charge in [0.05, 0.1) is 5.75 Å². The van der Waals surface area contributed by atoms with Gasteiger partial charge in [-0.25, -0.2) is 17.2 Å². The fourth-order valence-corrected chi connectivity index (χ4v) is 3.18. The van der Waals surface area contributed by atoms with E-state index < -0.39 is 38.4 Å². The second kappa shape index (κ2) is 5.14. The Kier molecular flexibility index (Phi) is 3.84. The molecular weight excluding hydrogens is 288 g/mol. The standard InChI is InChI=1S/C13H15F2NO3S/c1-3-13(2)7-12(16-19-13)20(17,18)8-9-10(14)5-4-6-11(9)15/h4-7,16H,3,8H2,1-2H3. The van der Waals surface area contributed by atoms with Crippen molar-refractivity contribution in [3.05, 3.63) is 46.5 Å². The van der Waals surface area contributed by atoms with Crippen LogP contribution in [0.5, 0.6) is 0 Å². The third kappa shape index (κ3) is 2.83. The molecule has 0 amide bonds. The average molecular weight is 303 g/mol. The van der Waals surface area contributed by atoms with Crippen molar-refractivity contribution < 1.29 is 22.0 Å². The largest absolute Gasteiger partial charge is 0.265 e. The average Bonchev–Trinajstić information content (AvgIpc) is 2.79. The Labute approximate surface area is 116 Å². The molecule has 1 aliphatic heterocycles. The normalized spacial score (nSPS) is 22.5. The van der Waals surface area contributed by atoms with E-state index in [0.29, 0.717) is 6.42 Å². The monoisotopic (exact) mass is 303 g/mol. The molecule has 1 aromatic rings. The van der Waals surface area contributed by atoms with Crippen LogP contribution in [0.25, 0.3) is 0 Å². The van der Waals surface area contributed by atoms with E-state index in [1.165, 1.54) is 12.1 Å². The SMILES string of the molecule is CCC1(C)C=C(S(=O)(=O)Cc2c(F)cccc2F)NO1. The Balaban J connectivity index is 2.32. The van der Waals surface area contributed by atoms with Crippen molar-refractivity contribution >= 4 is 9.84 Å². The summed E-state index contributed by atoms with van der Waals surface area (Å²) in [5.74, 6) is -2.52. The Morgan fingerprint density at radius 2 is 1.90 bits per heavy atom. The van der Waals surface area contributed by atoms with Gasteiger partial charge in [-0.3, -0.25) is 10.3 Å². The van der Waals surface area contributed by atoms with Crippen LogP contribution in [0.2, 0.25) is 0 Å². The lowest BCUT2D eigenvalue weighted by atomic mass is 10.1. The third-order valence-electron chi connectivity index (χ3n) is 3.25. The van der Waals surface area contributed by atoms with E-state index in [4.69, 9.17) is 4.84 Å². The number of hydrogen-bond donors (Lipinski definition) is 1. The predicted molar refractivity (Wildman–Crippen MR) is 70.0 cm³/mol. The van der Waals surface area contributed by atoms with Crippen LogP contribution in [0.15, 0.2) is 29.3 Å². The molecule has 2 rings (SSSR count). The molecule has 0 bridgehead atoms. The highest BCUT2D eigenvalue weighted by Crippen LogP contribution is 2.27. The van der Waals surface area contributed by atoms with E-state index >= 15 is 0 Å². The molecule has 0 aliphatic carbocycles. The maximum absolute atomic E-state index is 13.5. The van der Waals surface area contributed by atoms with Crippen molar-refractivity contribution in [2.24, 2.45) is 0 Å². The lowest BCUT2D eigenvalue weighted by molar-refractivity contribution is -0.0276. The summed E-state index contributed by atoms with van der Waals surface area (Å²) in [6.07, 6.45) is 1.98. The van der Waals surface area contributed by atoms with Crippen LogP contribution in [0.3, 0.4) is 0 Å². The summed E-state index contributed by atoms with van der Waals surface area (Å²) in [6, 6.07) is 3.24. The van der Waals surface area contributed by atoms with Crippen LogP contribution in [-0.4, -0.2) is 14.0 Å². The van der Waals surface area contributed by atoms with E-state index in [-0.39, 0.29) is 5.03 Å². The van der Waals surface area contributed by atoms with Crippen LogP contribution in [0.1, 0.15) is 25.8 Å². The first-order valence-electron chi connectivity index (χ1n) is 6.10. The Morgan fingerprint density at radius 3 is 2.40 bits per heavy atom. The summed E-state index contributed by atoms with van der Waals surface area (Å²) >= 11 is 0. The summed E-state index contributed by atoms with van der Waals surface area (Å²) in [5, 5.41) is -0.162. The highest BCUT2D eigenvalue weighted by atomic mass is 32.2. The van der Waals surface area contributed by atoms with Crippen molar-refractivity contribution in [3.8, 4) is 0 Å². The van der Waals surface area contributed by atoms with Crippen molar-refractivity contribution in [2.45, 2.75) is 31.6 Å². The van der Waals surface area contributed by atoms with Crippen LogP contribution < -0.4 is 5.48 Å². The summed E-state index contributed by atoms with van der Waals surface area (Å²) in [4.78, 5) is 5.18. The molecule has 1 unspecified atom stereocenters. The highest BCUT2D eigenvalue weighted by molar-refractivity contribution is 7.94. The first-order chi connectivity index (χ1) is 9.27. The van der Waals surface area contributed by atoms with Gasteiger partial charge in [0.15, 0.2) is 14.9 Å². The zero-order valence-electron chi connectivity index (χ0n) is 11.1. The minimum atomic E-state index is -3.89. The van der Waals surface area contributed by atoms with Crippen LogP contribution in [0.4, 0.5) is 8.78 Å². The molecule has 110 valence electrons. The molecule has 0 saturated carbocycles. The van der Waals surface area contributed by atoms with Crippen molar-refractivity contribution in [2.75, 3.05) is 0 Å². The first-order valence-corrected chi connectivity index (χ1v) is 7.75. The summed E-state index contributed by atoms with van der Waals surface area (Å²) in [7, 11) is -3.89. The molecule has 7 heteroatoms. The highest BCUT2D eigenvalue weighted by Gasteiger charge is 2.34. The van der Waals surface area contributed by atoms with Crippen LogP contribution in [-0.2, 0) is 20.4 Å². The lowest BCUT2D eigenvalue weighted by Gasteiger charge is -2.16. The fraction of sp³-hybridized carbons (Fsp3) is 0.385. The number of rotatable bonds is 4. The van der Waals surface area contributed by atoms with Gasteiger partial charge in [0.25, 0.3) is 0 Å². The summed E-state index contributed by atoms with van der Waals surface area (Å²) < 4.78 is 51.4. The van der Waals surface area contributed by atoms with Crippen LogP contribution >= 0.6 is 0 Å². The second-order valence-corrected chi connectivity index (χ2v) is 6.80. The molecule has 0 saturated heterocycles. The number of hydrogen-bond acceptors (Lipinski definition) is 4. The molecule has 1 heterocycles. The van der Waals surface area contributed by atoms with E-state index in [9.17, 15) is 17.2 Å². The first kappa shape index (κ1) is 14.9. The summed E-state index contributed by atoms with van der Waals surface area (Å²) in [5.41, 5.74) is 1.11. The molecule has 1 N–H and O–H groups in total. The number of sulfone groups is 1. The van der Waals surface area contributed by atoms with Gasteiger partial charge in [-0.2, -0.15) is 0 Å². The van der Waals surface area contributed by atoms with Gasteiger partial charge in [0.2, 0.25) is 0 Å². The molecule has 0 fully saturated rings. The zero-order valence-corrected chi connectivity index (χ0v) is 11.9. The Morgan fingerprint density at radius 1 is 1.30 bits per heavy atom.